The van der Waals surface area contributed by atoms with Gasteiger partial charge in [0.2, 0.25) is 5.91 Å². The van der Waals surface area contributed by atoms with Gasteiger partial charge in [-0.25, -0.2) is 0 Å². The van der Waals surface area contributed by atoms with Crippen molar-refractivity contribution in [2.24, 2.45) is 11.8 Å². The lowest BCUT2D eigenvalue weighted by molar-refractivity contribution is -0.134. The maximum absolute atomic E-state index is 11.4. The van der Waals surface area contributed by atoms with Gasteiger partial charge in [-0.3, -0.25) is 9.59 Å². The van der Waals surface area contributed by atoms with Crippen LogP contribution < -0.4 is 0 Å². The Bertz CT molecular complexity index is 199. The molecule has 3 nitrogen and oxygen atoms in total. The highest BCUT2D eigenvalue weighted by Crippen LogP contribution is 2.04. The zero-order chi connectivity index (χ0) is 10.6. The smallest absolute Gasteiger partial charge is 0.224 e. The first-order chi connectivity index (χ1) is 5.86. The second kappa shape index (κ2) is 5.00. The van der Waals surface area contributed by atoms with Crippen LogP contribution in [0.3, 0.4) is 0 Å². The van der Waals surface area contributed by atoms with Crippen LogP contribution in [-0.4, -0.2) is 30.2 Å². The number of carbonyl (C=O) groups is 2. The summed E-state index contributed by atoms with van der Waals surface area (Å²) >= 11 is 0. The van der Waals surface area contributed by atoms with E-state index in [1.165, 1.54) is 0 Å². The molecule has 0 rings (SSSR count). The lowest BCUT2D eigenvalue weighted by Crippen LogP contribution is -2.35. The molecule has 0 aromatic heterocycles. The van der Waals surface area contributed by atoms with Gasteiger partial charge in [0.05, 0.1) is 0 Å². The van der Waals surface area contributed by atoms with E-state index in [2.05, 4.69) is 0 Å². The molecule has 76 valence electrons. The molecule has 1 unspecified atom stereocenters. The Kier molecular flexibility index (Phi) is 4.67. The molecule has 1 amide bonds. The van der Waals surface area contributed by atoms with Gasteiger partial charge in [0.15, 0.2) is 0 Å². The van der Waals surface area contributed by atoms with Crippen LogP contribution in [0.4, 0.5) is 0 Å². The number of rotatable bonds is 4. The summed E-state index contributed by atoms with van der Waals surface area (Å²) in [5.41, 5.74) is 0. The van der Waals surface area contributed by atoms with Crippen LogP contribution in [0.15, 0.2) is 0 Å². The molecular weight excluding hydrogens is 166 g/mol. The van der Waals surface area contributed by atoms with Crippen molar-refractivity contribution >= 4 is 11.7 Å². The fourth-order valence-electron chi connectivity index (χ4n) is 1.07. The van der Waals surface area contributed by atoms with Gasteiger partial charge >= 0.3 is 0 Å². The van der Waals surface area contributed by atoms with E-state index in [0.29, 0.717) is 6.54 Å². The monoisotopic (exact) mass is 185 g/mol. The average Bonchev–Trinajstić information content (AvgIpc) is 2.02. The summed E-state index contributed by atoms with van der Waals surface area (Å²) in [5, 5.41) is 0. The number of nitrogens with zero attached hydrogens (tertiary/aromatic N) is 1. The first-order valence-corrected chi connectivity index (χ1v) is 4.61. The Morgan fingerprint density at radius 2 is 1.69 bits per heavy atom. The molecule has 0 aliphatic carbocycles. The third-order valence-corrected chi connectivity index (χ3v) is 2.11. The minimum absolute atomic E-state index is 0.00385. The molecule has 0 heterocycles. The SMILES string of the molecule is CC(=O)C(C)CN(C)C(=O)C(C)C. The minimum Gasteiger partial charge on any atom is -0.345 e. The number of hydrogen-bond acceptors (Lipinski definition) is 2. The summed E-state index contributed by atoms with van der Waals surface area (Å²) in [6.45, 7) is 7.63. The van der Waals surface area contributed by atoms with Gasteiger partial charge in [-0.15, -0.1) is 0 Å². The lowest BCUT2D eigenvalue weighted by Gasteiger charge is -2.21. The lowest BCUT2D eigenvalue weighted by atomic mass is 10.1. The molecule has 0 radical (unpaired) electrons. The first kappa shape index (κ1) is 12.1. The standard InChI is InChI=1S/C10H19NO2/c1-7(2)10(13)11(5)6-8(3)9(4)12/h7-8H,6H2,1-5H3. The van der Waals surface area contributed by atoms with Crippen LogP contribution in [0, 0.1) is 11.8 Å². The number of ketones is 1. The summed E-state index contributed by atoms with van der Waals surface area (Å²) in [6, 6.07) is 0. The molecule has 0 saturated carbocycles. The van der Waals surface area contributed by atoms with Crippen molar-refractivity contribution in [2.45, 2.75) is 27.7 Å². The van der Waals surface area contributed by atoms with Crippen molar-refractivity contribution < 1.29 is 9.59 Å². The molecule has 0 aliphatic rings. The fourth-order valence-corrected chi connectivity index (χ4v) is 1.07. The van der Waals surface area contributed by atoms with Crippen molar-refractivity contribution in [3.63, 3.8) is 0 Å². The number of Topliss-reactive ketones (excluding diaryl/α,β-unsaturated/α-hetero) is 1. The zero-order valence-corrected chi connectivity index (χ0v) is 9.13. The summed E-state index contributed by atoms with van der Waals surface area (Å²) in [5.74, 6) is 0.161. The molecular formula is C10H19NO2. The van der Waals surface area contributed by atoms with Crippen molar-refractivity contribution in [3.8, 4) is 0 Å². The normalized spacial score (nSPS) is 12.8. The van der Waals surface area contributed by atoms with Gasteiger partial charge in [-0.1, -0.05) is 20.8 Å². The number of amides is 1. The van der Waals surface area contributed by atoms with E-state index in [1.807, 2.05) is 20.8 Å². The van der Waals surface area contributed by atoms with Gasteiger partial charge in [-0.2, -0.15) is 0 Å². The maximum Gasteiger partial charge on any atom is 0.224 e. The number of carbonyl (C=O) groups excluding carboxylic acids is 2. The molecule has 0 N–H and O–H groups in total. The van der Waals surface area contributed by atoms with Crippen LogP contribution in [0.25, 0.3) is 0 Å². The fraction of sp³-hybridized carbons (Fsp3) is 0.800. The third-order valence-electron chi connectivity index (χ3n) is 2.11. The van der Waals surface area contributed by atoms with E-state index >= 15 is 0 Å². The highest BCUT2D eigenvalue weighted by Gasteiger charge is 2.17. The molecule has 0 saturated heterocycles. The molecule has 0 fully saturated rings. The van der Waals surface area contributed by atoms with Gasteiger partial charge in [0.1, 0.15) is 5.78 Å². The number of hydrogen-bond donors (Lipinski definition) is 0. The molecule has 0 aromatic carbocycles. The second-order valence-corrected chi connectivity index (χ2v) is 3.89. The molecule has 0 spiro atoms. The minimum atomic E-state index is -0.0623. The van der Waals surface area contributed by atoms with Crippen LogP contribution in [0.2, 0.25) is 0 Å². The zero-order valence-electron chi connectivity index (χ0n) is 9.13. The largest absolute Gasteiger partial charge is 0.345 e. The molecule has 0 bridgehead atoms. The van der Waals surface area contributed by atoms with E-state index in [4.69, 9.17) is 0 Å². The molecule has 0 aliphatic heterocycles. The van der Waals surface area contributed by atoms with Crippen LogP contribution in [0.5, 0.6) is 0 Å². The van der Waals surface area contributed by atoms with E-state index in [1.54, 1.807) is 18.9 Å². The van der Waals surface area contributed by atoms with Gasteiger partial charge < -0.3 is 4.90 Å². The highest BCUT2D eigenvalue weighted by atomic mass is 16.2. The van der Waals surface area contributed by atoms with Gasteiger partial charge in [0, 0.05) is 25.4 Å². The summed E-state index contributed by atoms with van der Waals surface area (Å²) in [7, 11) is 1.74. The summed E-state index contributed by atoms with van der Waals surface area (Å²) in [4.78, 5) is 24.0. The van der Waals surface area contributed by atoms with E-state index in [0.717, 1.165) is 0 Å². The van der Waals surface area contributed by atoms with Crippen LogP contribution in [0.1, 0.15) is 27.7 Å². The van der Waals surface area contributed by atoms with E-state index in [9.17, 15) is 9.59 Å². The highest BCUT2D eigenvalue weighted by molar-refractivity contribution is 5.81. The topological polar surface area (TPSA) is 37.4 Å². The molecule has 13 heavy (non-hydrogen) atoms. The predicted octanol–water partition coefficient (Wildman–Crippen LogP) is 1.33. The Labute approximate surface area is 80.1 Å². The quantitative estimate of drug-likeness (QED) is 0.662. The Balaban J connectivity index is 4.07. The van der Waals surface area contributed by atoms with Gasteiger partial charge in [0.25, 0.3) is 0 Å². The Hall–Kier alpha value is -0.860. The Morgan fingerprint density at radius 3 is 2.00 bits per heavy atom. The third kappa shape index (κ3) is 4.06. The van der Waals surface area contributed by atoms with Crippen molar-refractivity contribution in [3.05, 3.63) is 0 Å². The van der Waals surface area contributed by atoms with Crippen LogP contribution in [-0.2, 0) is 9.59 Å². The Morgan fingerprint density at radius 1 is 1.23 bits per heavy atom. The average molecular weight is 185 g/mol. The predicted molar refractivity (Wildman–Crippen MR) is 52.3 cm³/mol. The van der Waals surface area contributed by atoms with E-state index < -0.39 is 0 Å². The van der Waals surface area contributed by atoms with Crippen molar-refractivity contribution in [1.82, 2.24) is 4.90 Å². The second-order valence-electron chi connectivity index (χ2n) is 3.89. The van der Waals surface area contributed by atoms with Crippen molar-refractivity contribution in [1.29, 1.82) is 0 Å². The van der Waals surface area contributed by atoms with Crippen LogP contribution >= 0.6 is 0 Å². The first-order valence-electron chi connectivity index (χ1n) is 4.61. The van der Waals surface area contributed by atoms with Crippen molar-refractivity contribution in [2.75, 3.05) is 13.6 Å². The molecule has 3 heteroatoms. The molecule has 1 atom stereocenters. The summed E-state index contributed by atoms with van der Waals surface area (Å²) < 4.78 is 0. The molecule has 0 aromatic rings. The summed E-state index contributed by atoms with van der Waals surface area (Å²) in [6.07, 6.45) is 0. The maximum atomic E-state index is 11.4. The van der Waals surface area contributed by atoms with Gasteiger partial charge in [-0.05, 0) is 6.92 Å². The van der Waals surface area contributed by atoms with E-state index in [-0.39, 0.29) is 23.5 Å².